The minimum atomic E-state index is 0.297. The molecule has 1 unspecified atom stereocenters. The van der Waals surface area contributed by atoms with Gasteiger partial charge in [-0.05, 0) is 50.0 Å². The molecule has 2 aromatic rings. The summed E-state index contributed by atoms with van der Waals surface area (Å²) in [6.45, 7) is 3.88. The number of benzene rings is 1. The van der Waals surface area contributed by atoms with Crippen molar-refractivity contribution in [2.45, 2.75) is 18.9 Å². The molecular weight excluding hydrogens is 280 g/mol. The highest BCUT2D eigenvalue weighted by atomic mass is 16.7. The minimum Gasteiger partial charge on any atom is -0.454 e. The van der Waals surface area contributed by atoms with Crippen LogP contribution >= 0.6 is 0 Å². The van der Waals surface area contributed by atoms with Crippen molar-refractivity contribution in [3.8, 4) is 22.8 Å². The molecular formula is C16H18N4O2. The van der Waals surface area contributed by atoms with Crippen LogP contribution in [-0.2, 0) is 0 Å². The van der Waals surface area contributed by atoms with Crippen LogP contribution in [-0.4, -0.2) is 46.3 Å². The second-order valence-corrected chi connectivity index (χ2v) is 6.36. The number of hydrogen-bond donors (Lipinski definition) is 0. The van der Waals surface area contributed by atoms with Crippen molar-refractivity contribution < 1.29 is 9.47 Å². The molecule has 4 aliphatic rings. The maximum Gasteiger partial charge on any atom is 0.231 e. The van der Waals surface area contributed by atoms with Crippen LogP contribution < -0.4 is 9.47 Å². The molecule has 6 heteroatoms. The first-order valence-electron chi connectivity index (χ1n) is 7.91. The third-order valence-corrected chi connectivity index (χ3v) is 5.14. The lowest BCUT2D eigenvalue weighted by molar-refractivity contribution is 0.0504. The normalized spacial score (nSPS) is 29.0. The SMILES string of the molecule is c1cc2c(cc1-c1cn(C3CN4CCC3CC4)nn1)OCO2. The van der Waals surface area contributed by atoms with E-state index >= 15 is 0 Å². The largest absolute Gasteiger partial charge is 0.454 e. The quantitative estimate of drug-likeness (QED) is 0.848. The molecule has 4 aliphatic heterocycles. The highest BCUT2D eigenvalue weighted by Crippen LogP contribution is 2.37. The number of nitrogens with zero attached hydrogens (tertiary/aromatic N) is 4. The fourth-order valence-corrected chi connectivity index (χ4v) is 3.86. The van der Waals surface area contributed by atoms with Crippen LogP contribution in [0.1, 0.15) is 18.9 Å². The van der Waals surface area contributed by atoms with Gasteiger partial charge in [-0.25, -0.2) is 4.68 Å². The zero-order valence-corrected chi connectivity index (χ0v) is 12.3. The van der Waals surface area contributed by atoms with E-state index in [0.717, 1.165) is 35.2 Å². The van der Waals surface area contributed by atoms with Crippen molar-refractivity contribution in [1.82, 2.24) is 19.9 Å². The van der Waals surface area contributed by atoms with Gasteiger partial charge in [0.15, 0.2) is 11.5 Å². The first kappa shape index (κ1) is 12.5. The number of rotatable bonds is 2. The highest BCUT2D eigenvalue weighted by molar-refractivity contribution is 5.63. The average molecular weight is 298 g/mol. The van der Waals surface area contributed by atoms with Gasteiger partial charge in [-0.3, -0.25) is 0 Å². The van der Waals surface area contributed by atoms with Gasteiger partial charge in [-0.2, -0.15) is 0 Å². The molecule has 6 nitrogen and oxygen atoms in total. The predicted octanol–water partition coefficient (Wildman–Crippen LogP) is 1.94. The molecule has 0 N–H and O–H groups in total. The minimum absolute atomic E-state index is 0.297. The van der Waals surface area contributed by atoms with E-state index in [4.69, 9.17) is 9.47 Å². The second-order valence-electron chi connectivity index (χ2n) is 6.36. The maximum atomic E-state index is 5.44. The number of hydrogen-bond acceptors (Lipinski definition) is 5. The fourth-order valence-electron chi connectivity index (χ4n) is 3.86. The van der Waals surface area contributed by atoms with Crippen molar-refractivity contribution in [3.05, 3.63) is 24.4 Å². The molecule has 114 valence electrons. The Kier molecular flexibility index (Phi) is 2.67. The van der Waals surface area contributed by atoms with Crippen LogP contribution in [0.4, 0.5) is 0 Å². The fraction of sp³-hybridized carbons (Fsp3) is 0.500. The van der Waals surface area contributed by atoms with Gasteiger partial charge in [0.1, 0.15) is 5.69 Å². The molecule has 0 saturated carbocycles. The molecule has 5 heterocycles. The van der Waals surface area contributed by atoms with Crippen molar-refractivity contribution in [1.29, 1.82) is 0 Å². The Bertz CT molecular complexity index is 706. The van der Waals surface area contributed by atoms with E-state index in [1.807, 2.05) is 18.2 Å². The number of ether oxygens (including phenoxy) is 2. The molecule has 0 aliphatic carbocycles. The lowest BCUT2D eigenvalue weighted by atomic mass is 9.84. The van der Waals surface area contributed by atoms with Crippen LogP contribution in [0.3, 0.4) is 0 Å². The third-order valence-electron chi connectivity index (χ3n) is 5.14. The topological polar surface area (TPSA) is 52.4 Å². The number of fused-ring (bicyclic) bond motifs is 4. The van der Waals surface area contributed by atoms with Gasteiger partial charge in [-0.15, -0.1) is 5.10 Å². The van der Waals surface area contributed by atoms with E-state index in [-0.39, 0.29) is 0 Å². The van der Waals surface area contributed by atoms with E-state index in [1.165, 1.54) is 25.9 Å². The second kappa shape index (κ2) is 4.71. The van der Waals surface area contributed by atoms with Crippen molar-refractivity contribution >= 4 is 0 Å². The zero-order chi connectivity index (χ0) is 14.5. The molecule has 0 radical (unpaired) electrons. The van der Waals surface area contributed by atoms with Gasteiger partial charge >= 0.3 is 0 Å². The molecule has 22 heavy (non-hydrogen) atoms. The van der Waals surface area contributed by atoms with E-state index < -0.39 is 0 Å². The number of aromatic nitrogens is 3. The summed E-state index contributed by atoms with van der Waals surface area (Å²) < 4.78 is 12.9. The Morgan fingerprint density at radius 2 is 1.95 bits per heavy atom. The van der Waals surface area contributed by atoms with Gasteiger partial charge < -0.3 is 14.4 Å². The first-order chi connectivity index (χ1) is 10.9. The summed E-state index contributed by atoms with van der Waals surface area (Å²) in [5.41, 5.74) is 1.92. The molecule has 3 saturated heterocycles. The smallest absolute Gasteiger partial charge is 0.231 e. The summed E-state index contributed by atoms with van der Waals surface area (Å²) in [5.74, 6) is 2.33. The summed E-state index contributed by atoms with van der Waals surface area (Å²) in [5, 5.41) is 8.77. The lowest BCUT2D eigenvalue weighted by Gasteiger charge is -2.44. The van der Waals surface area contributed by atoms with Gasteiger partial charge in [0.2, 0.25) is 6.79 Å². The van der Waals surface area contributed by atoms with Crippen molar-refractivity contribution in [2.75, 3.05) is 26.4 Å². The summed E-state index contributed by atoms with van der Waals surface area (Å²) in [6.07, 6.45) is 4.64. The Labute approximate surface area is 128 Å². The van der Waals surface area contributed by atoms with Gasteiger partial charge in [0, 0.05) is 12.1 Å². The van der Waals surface area contributed by atoms with Gasteiger partial charge in [-0.1, -0.05) is 5.21 Å². The number of piperidine rings is 3. The van der Waals surface area contributed by atoms with Crippen LogP contribution in [0, 0.1) is 5.92 Å². The maximum absolute atomic E-state index is 5.44. The van der Waals surface area contributed by atoms with E-state index in [9.17, 15) is 0 Å². The molecule has 6 rings (SSSR count). The Morgan fingerprint density at radius 3 is 2.77 bits per heavy atom. The third kappa shape index (κ3) is 1.90. The zero-order valence-electron chi connectivity index (χ0n) is 12.3. The molecule has 1 aromatic heterocycles. The monoisotopic (exact) mass is 298 g/mol. The molecule has 1 aromatic carbocycles. The Morgan fingerprint density at radius 1 is 1.09 bits per heavy atom. The molecule has 0 spiro atoms. The Hall–Kier alpha value is -2.08. The van der Waals surface area contributed by atoms with Crippen LogP contribution in [0.5, 0.6) is 11.5 Å². The lowest BCUT2D eigenvalue weighted by Crippen LogP contribution is -2.48. The summed E-state index contributed by atoms with van der Waals surface area (Å²) in [4.78, 5) is 2.53. The van der Waals surface area contributed by atoms with Crippen LogP contribution in [0.15, 0.2) is 24.4 Å². The van der Waals surface area contributed by atoms with E-state index in [0.29, 0.717) is 12.8 Å². The van der Waals surface area contributed by atoms with E-state index in [1.54, 1.807) is 0 Å². The summed E-state index contributed by atoms with van der Waals surface area (Å²) in [6, 6.07) is 6.40. The highest BCUT2D eigenvalue weighted by Gasteiger charge is 2.35. The summed E-state index contributed by atoms with van der Waals surface area (Å²) >= 11 is 0. The van der Waals surface area contributed by atoms with Gasteiger partial charge in [0.25, 0.3) is 0 Å². The van der Waals surface area contributed by atoms with Gasteiger partial charge in [0.05, 0.1) is 12.2 Å². The van der Waals surface area contributed by atoms with Crippen molar-refractivity contribution in [2.24, 2.45) is 5.92 Å². The van der Waals surface area contributed by atoms with E-state index in [2.05, 4.69) is 26.1 Å². The predicted molar refractivity (Wildman–Crippen MR) is 79.8 cm³/mol. The summed E-state index contributed by atoms with van der Waals surface area (Å²) in [7, 11) is 0. The molecule has 0 amide bonds. The van der Waals surface area contributed by atoms with Crippen molar-refractivity contribution in [3.63, 3.8) is 0 Å². The molecule has 3 fully saturated rings. The average Bonchev–Trinajstić information content (AvgIpc) is 3.24. The first-order valence-corrected chi connectivity index (χ1v) is 7.91. The Balaban J connectivity index is 1.44. The van der Waals surface area contributed by atoms with Crippen LogP contribution in [0.25, 0.3) is 11.3 Å². The molecule has 2 bridgehead atoms. The van der Waals surface area contributed by atoms with Crippen LogP contribution in [0.2, 0.25) is 0 Å². The molecule has 1 atom stereocenters. The standard InChI is InChI=1S/C16H18N4O2/c1-2-15-16(22-10-21-15)7-12(1)13-8-20(18-17-13)14-9-19-5-3-11(14)4-6-19/h1-2,7-8,11,14H,3-6,9-10H2.